The standard InChI is InChI=1S/C14H15N3O4/c1-8-4-3-5-9(6-8)11-12(19)16-14(21)17(13(11)20)7-10(18)15-2/h3-6,20H,7H2,1-2H3,(H,15,18)(H,16,19,21). The Hall–Kier alpha value is -2.83. The summed E-state index contributed by atoms with van der Waals surface area (Å²) < 4.78 is 0.817. The van der Waals surface area contributed by atoms with Crippen LogP contribution < -0.4 is 16.6 Å². The smallest absolute Gasteiger partial charge is 0.331 e. The number of H-pyrrole nitrogens is 1. The Labute approximate surface area is 119 Å². The highest BCUT2D eigenvalue weighted by Crippen LogP contribution is 2.24. The van der Waals surface area contributed by atoms with Gasteiger partial charge in [-0.05, 0) is 12.5 Å². The highest BCUT2D eigenvalue weighted by Gasteiger charge is 2.17. The number of nitrogens with one attached hydrogen (secondary N) is 2. The molecule has 0 bridgehead atoms. The number of aryl methyl sites for hydroxylation is 1. The van der Waals surface area contributed by atoms with Crippen molar-refractivity contribution in [2.45, 2.75) is 13.5 Å². The minimum atomic E-state index is -0.836. The second kappa shape index (κ2) is 5.66. The number of amides is 1. The van der Waals surface area contributed by atoms with Crippen molar-refractivity contribution in [3.05, 3.63) is 50.7 Å². The Morgan fingerprint density at radius 3 is 2.71 bits per heavy atom. The molecular weight excluding hydrogens is 274 g/mol. The largest absolute Gasteiger partial charge is 0.494 e. The molecule has 0 saturated carbocycles. The van der Waals surface area contributed by atoms with Crippen LogP contribution in [0.25, 0.3) is 11.1 Å². The van der Waals surface area contributed by atoms with Crippen LogP contribution >= 0.6 is 0 Å². The van der Waals surface area contributed by atoms with E-state index in [1.165, 1.54) is 7.05 Å². The summed E-state index contributed by atoms with van der Waals surface area (Å²) in [6.45, 7) is 1.46. The SMILES string of the molecule is CNC(=O)Cn1c(O)c(-c2cccc(C)c2)c(=O)[nH]c1=O. The molecule has 0 atom stereocenters. The molecule has 1 aromatic carbocycles. The van der Waals surface area contributed by atoms with Gasteiger partial charge in [0, 0.05) is 7.05 Å². The minimum Gasteiger partial charge on any atom is -0.494 e. The van der Waals surface area contributed by atoms with Crippen LogP contribution in [0.1, 0.15) is 5.56 Å². The van der Waals surface area contributed by atoms with E-state index in [1.807, 2.05) is 13.0 Å². The Morgan fingerprint density at radius 2 is 2.10 bits per heavy atom. The van der Waals surface area contributed by atoms with Gasteiger partial charge in [0.1, 0.15) is 12.1 Å². The normalized spacial score (nSPS) is 10.4. The third-order valence-corrected chi connectivity index (χ3v) is 3.06. The molecule has 7 nitrogen and oxygen atoms in total. The van der Waals surface area contributed by atoms with E-state index in [2.05, 4.69) is 10.3 Å². The van der Waals surface area contributed by atoms with Gasteiger partial charge in [0.25, 0.3) is 5.56 Å². The van der Waals surface area contributed by atoms with Crippen LogP contribution in [0.15, 0.2) is 33.9 Å². The summed E-state index contributed by atoms with van der Waals surface area (Å²) in [7, 11) is 1.41. The fourth-order valence-corrected chi connectivity index (χ4v) is 1.99. The molecule has 0 fully saturated rings. The van der Waals surface area contributed by atoms with Crippen molar-refractivity contribution in [3.63, 3.8) is 0 Å². The molecule has 3 N–H and O–H groups in total. The fourth-order valence-electron chi connectivity index (χ4n) is 1.99. The zero-order valence-corrected chi connectivity index (χ0v) is 11.6. The van der Waals surface area contributed by atoms with Crippen LogP contribution in [0.2, 0.25) is 0 Å². The van der Waals surface area contributed by atoms with Crippen molar-refractivity contribution in [3.8, 4) is 17.0 Å². The second-order valence-corrected chi connectivity index (χ2v) is 4.59. The average molecular weight is 289 g/mol. The van der Waals surface area contributed by atoms with Crippen molar-refractivity contribution in [2.24, 2.45) is 0 Å². The molecule has 2 aromatic rings. The number of nitrogens with zero attached hydrogens (tertiary/aromatic N) is 1. The summed E-state index contributed by atoms with van der Waals surface area (Å²) in [5, 5.41) is 12.6. The van der Waals surface area contributed by atoms with Gasteiger partial charge in [-0.3, -0.25) is 19.1 Å². The van der Waals surface area contributed by atoms with E-state index in [0.29, 0.717) is 5.56 Å². The monoisotopic (exact) mass is 289 g/mol. The summed E-state index contributed by atoms with van der Waals surface area (Å²) in [5.41, 5.74) is -0.203. The highest BCUT2D eigenvalue weighted by molar-refractivity contribution is 5.76. The molecule has 0 unspecified atom stereocenters. The number of benzene rings is 1. The van der Waals surface area contributed by atoms with E-state index in [-0.39, 0.29) is 12.1 Å². The van der Waals surface area contributed by atoms with Crippen LogP contribution in [-0.4, -0.2) is 27.6 Å². The molecular formula is C14H15N3O4. The number of aromatic nitrogens is 2. The van der Waals surface area contributed by atoms with Crippen molar-refractivity contribution in [2.75, 3.05) is 7.05 Å². The van der Waals surface area contributed by atoms with E-state index in [0.717, 1.165) is 10.1 Å². The maximum absolute atomic E-state index is 12.0. The maximum atomic E-state index is 12.0. The summed E-state index contributed by atoms with van der Waals surface area (Å²) in [5.74, 6) is -0.993. The first-order chi connectivity index (χ1) is 9.93. The van der Waals surface area contributed by atoms with Gasteiger partial charge in [0.2, 0.25) is 11.8 Å². The number of likely N-dealkylation sites (N-methyl/N-ethyl adjacent to an activating group) is 1. The van der Waals surface area contributed by atoms with Crippen molar-refractivity contribution in [1.29, 1.82) is 0 Å². The summed E-state index contributed by atoms with van der Waals surface area (Å²) in [6, 6.07) is 6.93. The fraction of sp³-hybridized carbons (Fsp3) is 0.214. The molecule has 1 aromatic heterocycles. The van der Waals surface area contributed by atoms with Crippen molar-refractivity contribution < 1.29 is 9.90 Å². The van der Waals surface area contributed by atoms with E-state index in [9.17, 15) is 19.5 Å². The topological polar surface area (TPSA) is 104 Å². The lowest BCUT2D eigenvalue weighted by Crippen LogP contribution is -2.35. The van der Waals surface area contributed by atoms with E-state index >= 15 is 0 Å². The number of aromatic hydroxyl groups is 1. The highest BCUT2D eigenvalue weighted by atomic mass is 16.3. The molecule has 0 saturated heterocycles. The molecule has 0 aliphatic rings. The summed E-state index contributed by atoms with van der Waals surface area (Å²) in [4.78, 5) is 37.2. The Bertz CT molecular complexity index is 805. The number of carbonyl (C=O) groups excluding carboxylic acids is 1. The van der Waals surface area contributed by atoms with Gasteiger partial charge >= 0.3 is 5.69 Å². The molecule has 0 spiro atoms. The second-order valence-electron chi connectivity index (χ2n) is 4.59. The Balaban J connectivity index is 2.67. The first-order valence-electron chi connectivity index (χ1n) is 6.27. The first-order valence-corrected chi connectivity index (χ1v) is 6.27. The van der Waals surface area contributed by atoms with Gasteiger partial charge in [0.15, 0.2) is 0 Å². The maximum Gasteiger partial charge on any atom is 0.331 e. The van der Waals surface area contributed by atoms with Crippen LogP contribution in [0.5, 0.6) is 5.88 Å². The lowest BCUT2D eigenvalue weighted by atomic mass is 10.1. The van der Waals surface area contributed by atoms with Crippen LogP contribution in [0.4, 0.5) is 0 Å². The van der Waals surface area contributed by atoms with Crippen LogP contribution in [-0.2, 0) is 11.3 Å². The zero-order valence-electron chi connectivity index (χ0n) is 11.6. The molecule has 7 heteroatoms. The molecule has 0 radical (unpaired) electrons. The summed E-state index contributed by atoms with van der Waals surface area (Å²) >= 11 is 0. The van der Waals surface area contributed by atoms with E-state index in [1.54, 1.807) is 18.2 Å². The molecule has 2 rings (SSSR count). The van der Waals surface area contributed by atoms with E-state index in [4.69, 9.17) is 0 Å². The molecule has 1 amide bonds. The predicted octanol–water partition coefficient (Wildman–Crippen LogP) is -0.0364. The average Bonchev–Trinajstić information content (AvgIpc) is 2.43. The van der Waals surface area contributed by atoms with Crippen molar-refractivity contribution in [1.82, 2.24) is 14.9 Å². The third kappa shape index (κ3) is 2.86. The van der Waals surface area contributed by atoms with Gasteiger partial charge in [0.05, 0.1) is 0 Å². The van der Waals surface area contributed by atoms with Gasteiger partial charge in [-0.15, -0.1) is 0 Å². The number of rotatable bonds is 3. The summed E-state index contributed by atoms with van der Waals surface area (Å²) in [6.07, 6.45) is 0. The molecule has 110 valence electrons. The van der Waals surface area contributed by atoms with E-state index < -0.39 is 23.0 Å². The predicted molar refractivity (Wildman–Crippen MR) is 77.2 cm³/mol. The molecule has 21 heavy (non-hydrogen) atoms. The molecule has 1 heterocycles. The Morgan fingerprint density at radius 1 is 1.38 bits per heavy atom. The molecule has 0 aliphatic carbocycles. The van der Waals surface area contributed by atoms with Gasteiger partial charge in [-0.25, -0.2) is 4.79 Å². The van der Waals surface area contributed by atoms with Crippen molar-refractivity contribution >= 4 is 5.91 Å². The minimum absolute atomic E-state index is 0.0396. The molecule has 0 aliphatic heterocycles. The number of aromatic amines is 1. The third-order valence-electron chi connectivity index (χ3n) is 3.06. The quantitative estimate of drug-likeness (QED) is 0.737. The zero-order chi connectivity index (χ0) is 15.6. The van der Waals surface area contributed by atoms with Gasteiger partial charge < -0.3 is 10.4 Å². The lowest BCUT2D eigenvalue weighted by Gasteiger charge is -2.11. The van der Waals surface area contributed by atoms with Gasteiger partial charge in [-0.1, -0.05) is 29.8 Å². The van der Waals surface area contributed by atoms with Crippen LogP contribution in [0.3, 0.4) is 0 Å². The number of hydrogen-bond acceptors (Lipinski definition) is 4. The number of hydrogen-bond donors (Lipinski definition) is 3. The van der Waals surface area contributed by atoms with Gasteiger partial charge in [-0.2, -0.15) is 0 Å². The van der Waals surface area contributed by atoms with Crippen LogP contribution in [0, 0.1) is 6.92 Å². The first kappa shape index (κ1) is 14.6. The number of carbonyl (C=O) groups is 1. The lowest BCUT2D eigenvalue weighted by molar-refractivity contribution is -0.121. The Kier molecular flexibility index (Phi) is 3.93.